The molecule has 2 aromatic carbocycles. The molecule has 2 aliphatic carbocycles. The maximum absolute atomic E-state index is 13.7. The molecule has 3 aliphatic rings. The quantitative estimate of drug-likeness (QED) is 0.412. The second-order valence-electron chi connectivity index (χ2n) is 12.3. The fourth-order valence-corrected chi connectivity index (χ4v) is 6.63. The highest BCUT2D eigenvalue weighted by Gasteiger charge is 2.49. The Balaban J connectivity index is 1.22. The minimum atomic E-state index is -0.801. The zero-order valence-electron chi connectivity index (χ0n) is 23.3. The Morgan fingerprint density at radius 3 is 2.15 bits per heavy atom. The van der Waals surface area contributed by atoms with Crippen LogP contribution in [0.25, 0.3) is 5.57 Å². The molecular weight excluding hydrogens is 508 g/mol. The van der Waals surface area contributed by atoms with Crippen LogP contribution in [0.15, 0.2) is 71.2 Å². The largest absolute Gasteiger partial charge is 0.345 e. The number of nitrogens with zero attached hydrogens (tertiary/aromatic N) is 2. The predicted molar refractivity (Wildman–Crippen MR) is 153 cm³/mol. The number of rotatable bonds is 7. The number of nitrogens with one attached hydrogen (secondary N) is 1. The predicted octanol–water partition coefficient (Wildman–Crippen LogP) is 5.77. The molecule has 1 aromatic heterocycles. The first-order valence-corrected chi connectivity index (χ1v) is 14.0. The van der Waals surface area contributed by atoms with Crippen LogP contribution in [0.2, 0.25) is 0 Å². The van der Waals surface area contributed by atoms with E-state index in [1.165, 1.54) is 34.0 Å². The van der Waals surface area contributed by atoms with Gasteiger partial charge in [0.05, 0.1) is 17.1 Å². The van der Waals surface area contributed by atoms with Gasteiger partial charge < -0.3 is 14.8 Å². The molecule has 1 spiro atoms. The first-order valence-electron chi connectivity index (χ1n) is 14.0. The first kappa shape index (κ1) is 26.6. The standard InChI is InChI=1S/C33H35F2N3O2/c1-21-14-26(17-38(31(21)40)33(18-34)12-13-33)30(39)36-22(2)23-4-6-24(7-5-23)29(25-8-10-28(35)11-9-25)27-15-32(16-27)19-37(3)20-32/h4-11,14,17,22H,12-13,15-16,18-20H2,1-3H3,(H,36,39)/t22-/m1/s1. The Bertz CT molecular complexity index is 1540. The number of carbonyl (C=O) groups is 1. The van der Waals surface area contributed by atoms with Crippen LogP contribution >= 0.6 is 0 Å². The van der Waals surface area contributed by atoms with Gasteiger partial charge in [0, 0.05) is 30.3 Å². The zero-order valence-corrected chi connectivity index (χ0v) is 23.3. The number of alkyl halides is 1. The van der Waals surface area contributed by atoms with Crippen molar-refractivity contribution in [3.63, 3.8) is 0 Å². The van der Waals surface area contributed by atoms with E-state index in [0.717, 1.165) is 42.6 Å². The molecule has 0 radical (unpaired) electrons. The molecule has 1 N–H and O–H groups in total. The zero-order chi connectivity index (χ0) is 28.2. The smallest absolute Gasteiger partial charge is 0.254 e. The molecule has 208 valence electrons. The highest BCUT2D eigenvalue weighted by atomic mass is 19.1. The molecule has 2 saturated carbocycles. The normalized spacial score (nSPS) is 19.5. The molecule has 0 bridgehead atoms. The van der Waals surface area contributed by atoms with Gasteiger partial charge in [0.25, 0.3) is 11.5 Å². The summed E-state index contributed by atoms with van der Waals surface area (Å²) in [4.78, 5) is 28.1. The van der Waals surface area contributed by atoms with Crippen LogP contribution in [-0.4, -0.2) is 42.2 Å². The fraction of sp³-hybridized carbons (Fsp3) is 0.394. The fourth-order valence-electron chi connectivity index (χ4n) is 6.63. The number of aryl methyl sites for hydroxylation is 1. The number of aromatic nitrogens is 1. The summed E-state index contributed by atoms with van der Waals surface area (Å²) in [5.74, 6) is -0.552. The maximum atomic E-state index is 13.7. The number of benzene rings is 2. The molecule has 6 rings (SSSR count). The highest BCUT2D eigenvalue weighted by molar-refractivity contribution is 5.94. The van der Waals surface area contributed by atoms with Gasteiger partial charge in [-0.1, -0.05) is 42.0 Å². The lowest BCUT2D eigenvalue weighted by atomic mass is 9.59. The van der Waals surface area contributed by atoms with Gasteiger partial charge in [0.1, 0.15) is 12.5 Å². The molecule has 1 atom stereocenters. The number of hydrogen-bond acceptors (Lipinski definition) is 3. The van der Waals surface area contributed by atoms with Crippen LogP contribution in [0.4, 0.5) is 8.78 Å². The minimum Gasteiger partial charge on any atom is -0.345 e. The molecule has 1 aliphatic heterocycles. The van der Waals surface area contributed by atoms with E-state index in [2.05, 4.69) is 29.4 Å². The van der Waals surface area contributed by atoms with Crippen molar-refractivity contribution < 1.29 is 13.6 Å². The van der Waals surface area contributed by atoms with E-state index in [9.17, 15) is 18.4 Å². The monoisotopic (exact) mass is 543 g/mol. The van der Waals surface area contributed by atoms with Crippen molar-refractivity contribution in [3.05, 3.63) is 110 Å². The van der Waals surface area contributed by atoms with Crippen molar-refractivity contribution in [1.29, 1.82) is 0 Å². The second kappa shape index (κ2) is 9.81. The van der Waals surface area contributed by atoms with Gasteiger partial charge in [-0.25, -0.2) is 8.78 Å². The van der Waals surface area contributed by atoms with Crippen molar-refractivity contribution in [2.75, 3.05) is 26.8 Å². The Hall–Kier alpha value is -3.58. The number of likely N-dealkylation sites (tertiary alicyclic amines) is 1. The molecule has 1 amide bonds. The van der Waals surface area contributed by atoms with Crippen molar-refractivity contribution in [1.82, 2.24) is 14.8 Å². The Morgan fingerprint density at radius 1 is 1.00 bits per heavy atom. The summed E-state index contributed by atoms with van der Waals surface area (Å²) in [5.41, 5.74) is 5.73. The number of amides is 1. The number of allylic oxidation sites excluding steroid dienone is 1. The summed E-state index contributed by atoms with van der Waals surface area (Å²) < 4.78 is 28.8. The van der Waals surface area contributed by atoms with E-state index < -0.39 is 12.2 Å². The summed E-state index contributed by atoms with van der Waals surface area (Å²) in [6, 6.07) is 16.2. The van der Waals surface area contributed by atoms with Gasteiger partial charge in [-0.05, 0) is 87.0 Å². The average Bonchev–Trinajstić information content (AvgIpc) is 3.70. The first-order chi connectivity index (χ1) is 19.1. The summed E-state index contributed by atoms with van der Waals surface area (Å²) in [6.45, 7) is 5.20. The van der Waals surface area contributed by atoms with E-state index >= 15 is 0 Å². The van der Waals surface area contributed by atoms with Crippen LogP contribution in [-0.2, 0) is 5.54 Å². The molecule has 1 saturated heterocycles. The van der Waals surface area contributed by atoms with Gasteiger partial charge in [0.2, 0.25) is 0 Å². The number of carbonyl (C=O) groups excluding carboxylic acids is 1. The lowest BCUT2D eigenvalue weighted by Gasteiger charge is -2.56. The van der Waals surface area contributed by atoms with Crippen LogP contribution in [0.5, 0.6) is 0 Å². The van der Waals surface area contributed by atoms with Crippen LogP contribution in [0.3, 0.4) is 0 Å². The van der Waals surface area contributed by atoms with E-state index in [1.54, 1.807) is 13.0 Å². The summed E-state index contributed by atoms with van der Waals surface area (Å²) in [5, 5.41) is 3.03. The van der Waals surface area contributed by atoms with E-state index in [4.69, 9.17) is 0 Å². The number of halogens is 2. The van der Waals surface area contributed by atoms with E-state index in [1.807, 2.05) is 31.2 Å². The second-order valence-corrected chi connectivity index (χ2v) is 12.3. The maximum Gasteiger partial charge on any atom is 0.254 e. The van der Waals surface area contributed by atoms with E-state index in [0.29, 0.717) is 29.4 Å². The molecule has 2 heterocycles. The third-order valence-corrected chi connectivity index (χ3v) is 8.97. The van der Waals surface area contributed by atoms with Crippen molar-refractivity contribution in [2.24, 2.45) is 5.41 Å². The molecule has 40 heavy (non-hydrogen) atoms. The Labute approximate surface area is 233 Å². The molecule has 7 heteroatoms. The molecule has 0 unspecified atom stereocenters. The Morgan fingerprint density at radius 2 is 1.60 bits per heavy atom. The number of hydrogen-bond donors (Lipinski definition) is 1. The van der Waals surface area contributed by atoms with Gasteiger partial charge in [0.15, 0.2) is 0 Å². The lowest BCUT2D eigenvalue weighted by Crippen LogP contribution is -2.58. The van der Waals surface area contributed by atoms with Gasteiger partial charge >= 0.3 is 0 Å². The lowest BCUT2D eigenvalue weighted by molar-refractivity contribution is -0.0106. The van der Waals surface area contributed by atoms with E-state index in [-0.39, 0.29) is 23.3 Å². The van der Waals surface area contributed by atoms with Gasteiger partial charge in [-0.15, -0.1) is 0 Å². The molecule has 3 fully saturated rings. The molecule has 3 aromatic rings. The summed E-state index contributed by atoms with van der Waals surface area (Å²) in [6.07, 6.45) is 4.82. The third kappa shape index (κ3) is 4.70. The van der Waals surface area contributed by atoms with Crippen molar-refractivity contribution in [3.8, 4) is 0 Å². The minimum absolute atomic E-state index is 0.247. The van der Waals surface area contributed by atoms with Crippen LogP contribution < -0.4 is 10.9 Å². The summed E-state index contributed by atoms with van der Waals surface area (Å²) in [7, 11) is 2.15. The third-order valence-electron chi connectivity index (χ3n) is 8.97. The summed E-state index contributed by atoms with van der Waals surface area (Å²) >= 11 is 0. The SMILES string of the molecule is Cc1cc(C(=O)N[C@H](C)c2ccc(C(=C3CC4(C3)CN(C)C4)c3ccc(F)cc3)cc2)cn(C2(CF)CC2)c1=O. The van der Waals surface area contributed by atoms with Crippen LogP contribution in [0.1, 0.15) is 71.3 Å². The Kier molecular flexibility index (Phi) is 6.53. The highest BCUT2D eigenvalue weighted by Crippen LogP contribution is 2.54. The van der Waals surface area contributed by atoms with Gasteiger partial charge in [-0.2, -0.15) is 0 Å². The van der Waals surface area contributed by atoms with Gasteiger partial charge in [-0.3, -0.25) is 9.59 Å². The average molecular weight is 544 g/mol. The topological polar surface area (TPSA) is 54.3 Å². The van der Waals surface area contributed by atoms with Crippen molar-refractivity contribution >= 4 is 11.5 Å². The number of pyridine rings is 1. The molecule has 5 nitrogen and oxygen atoms in total. The van der Waals surface area contributed by atoms with Crippen molar-refractivity contribution in [2.45, 2.75) is 51.1 Å². The molecular formula is C33H35F2N3O2. The van der Waals surface area contributed by atoms with Crippen LogP contribution in [0, 0.1) is 18.2 Å².